The van der Waals surface area contributed by atoms with Crippen molar-refractivity contribution < 1.29 is 62.0 Å². The number of nitrogens with zero attached hydrogens (tertiary/aromatic N) is 1. The molecule has 0 aromatic heterocycles. The molecule has 35 heavy (non-hydrogen) atoms. The molecule has 1 rings (SSSR count). The zero-order valence-corrected chi connectivity index (χ0v) is 20.4. The Bertz CT molecular complexity index is 867. The second kappa shape index (κ2) is 13.2. The highest BCUT2D eigenvalue weighted by Crippen LogP contribution is 2.30. The van der Waals surface area contributed by atoms with Crippen LogP contribution in [0.3, 0.4) is 0 Å². The predicted molar refractivity (Wildman–Crippen MR) is 112 cm³/mol. The number of oxime groups is 1. The standard InChI is InChI=1S/C21H29NO13/c1-9-16(21(28)29-7)18(35-22-9)20(34-14(6)27)19(33-13(5)26)17(32-12(4)25)15(31-11(3)24)8-30-10(2)23/h15-20H,8H2,1-7H3/t15-,16+,17+,18+,19+,20+/m1/s1. The lowest BCUT2D eigenvalue weighted by atomic mass is 9.88. The highest BCUT2D eigenvalue weighted by Gasteiger charge is 2.53. The van der Waals surface area contributed by atoms with Crippen molar-refractivity contribution >= 4 is 41.5 Å². The molecule has 0 N–H and O–H groups in total. The molecule has 0 saturated carbocycles. The Hall–Kier alpha value is -3.71. The van der Waals surface area contributed by atoms with Gasteiger partial charge in [0, 0.05) is 34.6 Å². The molecule has 0 unspecified atom stereocenters. The molecule has 0 radical (unpaired) electrons. The van der Waals surface area contributed by atoms with Crippen LogP contribution in [0.15, 0.2) is 5.16 Å². The molecule has 0 spiro atoms. The van der Waals surface area contributed by atoms with Crippen LogP contribution in [0.5, 0.6) is 0 Å². The highest BCUT2D eigenvalue weighted by atomic mass is 16.7. The van der Waals surface area contributed by atoms with E-state index in [1.54, 1.807) is 0 Å². The monoisotopic (exact) mass is 503 g/mol. The van der Waals surface area contributed by atoms with Crippen LogP contribution in [-0.4, -0.2) is 85.8 Å². The quantitative estimate of drug-likeness (QED) is 0.268. The van der Waals surface area contributed by atoms with Gasteiger partial charge in [0.15, 0.2) is 30.5 Å². The SMILES string of the molecule is COC(=O)[C@H]1C(C)=NO[C@@H]1[C@H](OC(C)=O)[C@@H](OC(C)=O)[C@@H](OC(C)=O)[C@@H](COC(C)=O)OC(C)=O. The zero-order chi connectivity index (χ0) is 26.9. The molecule has 196 valence electrons. The lowest BCUT2D eigenvalue weighted by molar-refractivity contribution is -0.214. The highest BCUT2D eigenvalue weighted by molar-refractivity contribution is 6.02. The van der Waals surface area contributed by atoms with Crippen LogP contribution in [0, 0.1) is 5.92 Å². The largest absolute Gasteiger partial charge is 0.468 e. The average molecular weight is 503 g/mol. The van der Waals surface area contributed by atoms with Crippen molar-refractivity contribution in [2.45, 2.75) is 72.1 Å². The van der Waals surface area contributed by atoms with E-state index in [2.05, 4.69) is 5.16 Å². The third-order valence-corrected chi connectivity index (χ3v) is 4.56. The van der Waals surface area contributed by atoms with E-state index in [0.29, 0.717) is 0 Å². The minimum Gasteiger partial charge on any atom is -0.468 e. The molecule has 0 amide bonds. The second-order valence-corrected chi connectivity index (χ2v) is 7.48. The lowest BCUT2D eigenvalue weighted by Crippen LogP contribution is -2.58. The summed E-state index contributed by atoms with van der Waals surface area (Å²) in [5.41, 5.74) is 0.168. The van der Waals surface area contributed by atoms with Gasteiger partial charge in [-0.2, -0.15) is 0 Å². The molecule has 0 aromatic rings. The third kappa shape index (κ3) is 8.87. The summed E-state index contributed by atoms with van der Waals surface area (Å²) >= 11 is 0. The van der Waals surface area contributed by atoms with Gasteiger partial charge in [-0.25, -0.2) is 0 Å². The summed E-state index contributed by atoms with van der Waals surface area (Å²) in [7, 11) is 1.12. The summed E-state index contributed by atoms with van der Waals surface area (Å²) in [6, 6.07) is 0. The van der Waals surface area contributed by atoms with Gasteiger partial charge in [-0.1, -0.05) is 5.16 Å². The molecule has 14 heteroatoms. The summed E-state index contributed by atoms with van der Waals surface area (Å²) in [5, 5.41) is 3.75. The van der Waals surface area contributed by atoms with Crippen molar-refractivity contribution in [3.63, 3.8) is 0 Å². The van der Waals surface area contributed by atoms with Crippen LogP contribution >= 0.6 is 0 Å². The van der Waals surface area contributed by atoms with Crippen LogP contribution in [0.25, 0.3) is 0 Å². The molecule has 0 bridgehead atoms. The third-order valence-electron chi connectivity index (χ3n) is 4.56. The van der Waals surface area contributed by atoms with Crippen LogP contribution < -0.4 is 0 Å². The van der Waals surface area contributed by atoms with E-state index < -0.39 is 78.9 Å². The van der Waals surface area contributed by atoms with Crippen molar-refractivity contribution in [1.29, 1.82) is 0 Å². The number of carbonyl (C=O) groups excluding carboxylic acids is 6. The smallest absolute Gasteiger partial charge is 0.318 e. The maximum Gasteiger partial charge on any atom is 0.318 e. The number of hydrogen-bond acceptors (Lipinski definition) is 14. The van der Waals surface area contributed by atoms with E-state index in [1.165, 1.54) is 6.92 Å². The minimum absolute atomic E-state index is 0.168. The van der Waals surface area contributed by atoms with E-state index in [9.17, 15) is 28.8 Å². The number of esters is 6. The van der Waals surface area contributed by atoms with Crippen LogP contribution in [-0.2, 0) is 62.0 Å². The Kier molecular flexibility index (Phi) is 11.1. The van der Waals surface area contributed by atoms with Crippen molar-refractivity contribution in [1.82, 2.24) is 0 Å². The van der Waals surface area contributed by atoms with E-state index in [1.807, 2.05) is 0 Å². The van der Waals surface area contributed by atoms with Crippen molar-refractivity contribution in [3.05, 3.63) is 0 Å². The van der Waals surface area contributed by atoms with Crippen LogP contribution in [0.1, 0.15) is 41.5 Å². The van der Waals surface area contributed by atoms with Crippen molar-refractivity contribution in [3.8, 4) is 0 Å². The Balaban J connectivity index is 3.64. The first-order valence-corrected chi connectivity index (χ1v) is 10.4. The number of carbonyl (C=O) groups is 6. The van der Waals surface area contributed by atoms with Gasteiger partial charge in [0.1, 0.15) is 12.5 Å². The molecule has 0 saturated heterocycles. The number of methoxy groups -OCH3 is 1. The Morgan fingerprint density at radius 2 is 1.31 bits per heavy atom. The molecule has 1 heterocycles. The Labute approximate surface area is 201 Å². The van der Waals surface area contributed by atoms with Gasteiger partial charge in [0.05, 0.1) is 12.8 Å². The van der Waals surface area contributed by atoms with E-state index in [4.69, 9.17) is 33.3 Å². The molecular formula is C21H29NO13. The normalized spacial score (nSPS) is 20.0. The summed E-state index contributed by atoms with van der Waals surface area (Å²) in [6.45, 7) is 6.05. The fourth-order valence-electron chi connectivity index (χ4n) is 3.36. The van der Waals surface area contributed by atoms with Gasteiger partial charge in [-0.3, -0.25) is 28.8 Å². The first-order valence-electron chi connectivity index (χ1n) is 10.4. The summed E-state index contributed by atoms with van der Waals surface area (Å²) < 4.78 is 30.9. The molecule has 0 fully saturated rings. The van der Waals surface area contributed by atoms with E-state index >= 15 is 0 Å². The molecule has 0 aliphatic carbocycles. The van der Waals surface area contributed by atoms with Crippen molar-refractivity contribution in [2.75, 3.05) is 13.7 Å². The van der Waals surface area contributed by atoms with Gasteiger partial charge in [-0.05, 0) is 6.92 Å². The fraction of sp³-hybridized carbons (Fsp3) is 0.667. The molecule has 1 aliphatic rings. The lowest BCUT2D eigenvalue weighted by Gasteiger charge is -2.37. The molecular weight excluding hydrogens is 474 g/mol. The van der Waals surface area contributed by atoms with Gasteiger partial charge >= 0.3 is 35.8 Å². The molecule has 0 aromatic carbocycles. The maximum atomic E-state index is 12.4. The van der Waals surface area contributed by atoms with Crippen LogP contribution in [0.4, 0.5) is 0 Å². The van der Waals surface area contributed by atoms with Gasteiger partial charge < -0.3 is 33.3 Å². The predicted octanol–water partition coefficient (Wildman–Crippen LogP) is -0.160. The summed E-state index contributed by atoms with van der Waals surface area (Å²) in [5.74, 6) is -6.29. The van der Waals surface area contributed by atoms with Gasteiger partial charge in [-0.15, -0.1) is 0 Å². The minimum atomic E-state index is -1.71. The zero-order valence-electron chi connectivity index (χ0n) is 20.4. The molecule has 6 atom stereocenters. The maximum absolute atomic E-state index is 12.4. The van der Waals surface area contributed by atoms with E-state index in [0.717, 1.165) is 41.7 Å². The summed E-state index contributed by atoms with van der Waals surface area (Å²) in [4.78, 5) is 76.9. The Morgan fingerprint density at radius 1 is 0.800 bits per heavy atom. The Morgan fingerprint density at radius 3 is 1.77 bits per heavy atom. The first kappa shape index (κ1) is 29.3. The van der Waals surface area contributed by atoms with Crippen LogP contribution in [0.2, 0.25) is 0 Å². The molecule has 14 nitrogen and oxygen atoms in total. The number of rotatable bonds is 11. The summed E-state index contributed by atoms with van der Waals surface area (Å²) in [6.07, 6.45) is -7.91. The topological polar surface area (TPSA) is 179 Å². The fourth-order valence-corrected chi connectivity index (χ4v) is 3.36. The van der Waals surface area contributed by atoms with Gasteiger partial charge in [0.2, 0.25) is 0 Å². The van der Waals surface area contributed by atoms with Gasteiger partial charge in [0.25, 0.3) is 0 Å². The van der Waals surface area contributed by atoms with Crippen molar-refractivity contribution in [2.24, 2.45) is 11.1 Å². The number of ether oxygens (including phenoxy) is 6. The first-order chi connectivity index (χ1) is 16.3. The number of hydrogen-bond donors (Lipinski definition) is 0. The molecule has 1 aliphatic heterocycles. The average Bonchev–Trinajstić information content (AvgIpc) is 3.11. The second-order valence-electron chi connectivity index (χ2n) is 7.48. The van der Waals surface area contributed by atoms with E-state index in [-0.39, 0.29) is 5.71 Å².